The summed E-state index contributed by atoms with van der Waals surface area (Å²) < 4.78 is 0. The Hall–Kier alpha value is -2.15. The van der Waals surface area contributed by atoms with Crippen molar-refractivity contribution in [3.63, 3.8) is 0 Å². The van der Waals surface area contributed by atoms with E-state index in [4.69, 9.17) is 0 Å². The third kappa shape index (κ3) is 6.16. The molecule has 4 rings (SSSR count). The number of hydrogen-bond donors (Lipinski definition) is 3. The van der Waals surface area contributed by atoms with Crippen molar-refractivity contribution in [2.24, 2.45) is 5.92 Å². The van der Waals surface area contributed by atoms with Gasteiger partial charge in [-0.25, -0.2) is 0 Å². The zero-order chi connectivity index (χ0) is 18.6. The van der Waals surface area contributed by atoms with E-state index in [9.17, 15) is 9.59 Å². The van der Waals surface area contributed by atoms with Gasteiger partial charge in [0, 0.05) is 36.0 Å². The summed E-state index contributed by atoms with van der Waals surface area (Å²) in [6.07, 6.45) is 8.49. The van der Waals surface area contributed by atoms with Crippen molar-refractivity contribution < 1.29 is 9.59 Å². The van der Waals surface area contributed by atoms with E-state index in [-0.39, 0.29) is 36.6 Å². The van der Waals surface area contributed by atoms with Crippen LogP contribution in [0, 0.1) is 5.92 Å². The molecular formula is C21H26Cl2N4O2. The Morgan fingerprint density at radius 2 is 1.66 bits per heavy atom. The summed E-state index contributed by atoms with van der Waals surface area (Å²) in [5.41, 5.74) is 1.90. The van der Waals surface area contributed by atoms with Crippen LogP contribution in [-0.4, -0.2) is 28.9 Å². The average Bonchev–Trinajstić information content (AvgIpc) is 3.01. The maximum atomic E-state index is 12.4. The number of halogens is 2. The molecule has 2 aliphatic heterocycles. The van der Waals surface area contributed by atoms with Crippen LogP contribution >= 0.6 is 24.8 Å². The molecule has 0 saturated carbocycles. The van der Waals surface area contributed by atoms with Gasteiger partial charge in [0.05, 0.1) is 11.9 Å². The third-order valence-corrected chi connectivity index (χ3v) is 5.40. The van der Waals surface area contributed by atoms with E-state index >= 15 is 0 Å². The molecule has 0 radical (unpaired) electrons. The van der Waals surface area contributed by atoms with Crippen LogP contribution < -0.4 is 16.0 Å². The molecular weight excluding hydrogens is 411 g/mol. The number of anilines is 2. The topological polar surface area (TPSA) is 83.1 Å². The van der Waals surface area contributed by atoms with Crippen LogP contribution in [0.4, 0.5) is 11.4 Å². The van der Waals surface area contributed by atoms with E-state index in [0.717, 1.165) is 18.5 Å². The molecule has 2 fully saturated rings. The lowest BCUT2D eigenvalue weighted by Crippen LogP contribution is -2.39. The molecule has 8 heteroatoms. The molecule has 2 amide bonds. The number of hydrogen-bond acceptors (Lipinski definition) is 4. The Bertz CT molecular complexity index is 805. The number of piperidine rings is 1. The summed E-state index contributed by atoms with van der Waals surface area (Å²) in [5, 5.41) is 9.35. The summed E-state index contributed by atoms with van der Waals surface area (Å²) in [6, 6.07) is 11.7. The number of amides is 2. The molecule has 1 aromatic carbocycles. The Labute approximate surface area is 183 Å². The molecule has 2 aromatic rings. The fourth-order valence-corrected chi connectivity index (χ4v) is 4.16. The predicted octanol–water partition coefficient (Wildman–Crippen LogP) is 4.04. The van der Waals surface area contributed by atoms with Crippen molar-refractivity contribution in [1.29, 1.82) is 0 Å². The van der Waals surface area contributed by atoms with E-state index in [1.807, 2.05) is 0 Å². The molecule has 2 bridgehead atoms. The normalized spacial score (nSPS) is 22.0. The number of aromatic nitrogens is 1. The highest BCUT2D eigenvalue weighted by Crippen LogP contribution is 2.32. The Balaban J connectivity index is 0.00000150. The van der Waals surface area contributed by atoms with Crippen LogP contribution in [0.1, 0.15) is 42.5 Å². The van der Waals surface area contributed by atoms with E-state index in [1.165, 1.54) is 12.8 Å². The minimum Gasteiger partial charge on any atom is -0.326 e. The van der Waals surface area contributed by atoms with Gasteiger partial charge >= 0.3 is 0 Å². The number of rotatable bonds is 5. The number of nitrogens with zero attached hydrogens (tertiary/aromatic N) is 1. The molecule has 29 heavy (non-hydrogen) atoms. The fourth-order valence-electron chi connectivity index (χ4n) is 4.16. The summed E-state index contributed by atoms with van der Waals surface area (Å²) in [4.78, 5) is 28.6. The summed E-state index contributed by atoms with van der Waals surface area (Å²) >= 11 is 0. The Morgan fingerprint density at radius 3 is 2.28 bits per heavy atom. The minimum absolute atomic E-state index is 0. The van der Waals surface area contributed by atoms with Crippen LogP contribution in [-0.2, 0) is 4.79 Å². The fraction of sp³-hybridized carbons (Fsp3) is 0.381. The zero-order valence-electron chi connectivity index (χ0n) is 16.0. The van der Waals surface area contributed by atoms with Crippen molar-refractivity contribution in [2.45, 2.75) is 44.2 Å². The van der Waals surface area contributed by atoms with E-state index < -0.39 is 0 Å². The lowest BCUT2D eigenvalue weighted by molar-refractivity contribution is -0.117. The summed E-state index contributed by atoms with van der Waals surface area (Å²) in [6.45, 7) is 0. The van der Waals surface area contributed by atoms with Crippen LogP contribution in [0.25, 0.3) is 0 Å². The highest BCUT2D eigenvalue weighted by Gasteiger charge is 2.34. The molecule has 1 aromatic heterocycles. The Morgan fingerprint density at radius 1 is 0.966 bits per heavy atom. The highest BCUT2D eigenvalue weighted by molar-refractivity contribution is 6.04. The standard InChI is InChI=1S/C21H24N4O2.2ClH/c26-20(12-14-10-17-7-8-18(11-14)23-17)24-16-5-3-15(4-6-16)21(27)25-19-2-1-9-22-13-19;;/h1-6,9,13-14,17-18,23H,7-8,10-12H2,(H,24,26)(H,25,27);2*1H. The van der Waals surface area contributed by atoms with E-state index in [0.29, 0.717) is 35.7 Å². The van der Waals surface area contributed by atoms with Gasteiger partial charge in [0.1, 0.15) is 0 Å². The van der Waals surface area contributed by atoms with Crippen molar-refractivity contribution >= 4 is 48.0 Å². The molecule has 2 atom stereocenters. The molecule has 156 valence electrons. The quantitative estimate of drug-likeness (QED) is 0.660. The Kier molecular flexibility index (Phi) is 8.44. The lowest BCUT2D eigenvalue weighted by atomic mass is 9.89. The van der Waals surface area contributed by atoms with Crippen LogP contribution in [0.3, 0.4) is 0 Å². The van der Waals surface area contributed by atoms with Gasteiger partial charge in [-0.15, -0.1) is 24.8 Å². The van der Waals surface area contributed by atoms with Gasteiger partial charge in [0.15, 0.2) is 0 Å². The van der Waals surface area contributed by atoms with Crippen LogP contribution in [0.2, 0.25) is 0 Å². The second kappa shape index (κ2) is 10.6. The van der Waals surface area contributed by atoms with Gasteiger partial charge in [0.2, 0.25) is 5.91 Å². The van der Waals surface area contributed by atoms with Crippen molar-refractivity contribution in [3.8, 4) is 0 Å². The van der Waals surface area contributed by atoms with Crippen LogP contribution in [0.15, 0.2) is 48.8 Å². The summed E-state index contributed by atoms with van der Waals surface area (Å²) in [5.74, 6) is 0.313. The van der Waals surface area contributed by atoms with E-state index in [1.54, 1.807) is 48.8 Å². The van der Waals surface area contributed by atoms with E-state index in [2.05, 4.69) is 20.9 Å². The van der Waals surface area contributed by atoms with Gasteiger partial charge in [0.25, 0.3) is 5.91 Å². The maximum absolute atomic E-state index is 12.4. The minimum atomic E-state index is -0.203. The smallest absolute Gasteiger partial charge is 0.255 e. The molecule has 2 aliphatic rings. The highest BCUT2D eigenvalue weighted by atomic mass is 35.5. The number of fused-ring (bicyclic) bond motifs is 2. The van der Waals surface area contributed by atoms with Gasteiger partial charge < -0.3 is 16.0 Å². The first-order valence-corrected chi connectivity index (χ1v) is 9.53. The second-order valence-corrected chi connectivity index (χ2v) is 7.50. The second-order valence-electron chi connectivity index (χ2n) is 7.50. The molecule has 0 aliphatic carbocycles. The number of pyridine rings is 1. The van der Waals surface area contributed by atoms with Crippen molar-refractivity contribution in [1.82, 2.24) is 10.3 Å². The van der Waals surface area contributed by atoms with Gasteiger partial charge in [-0.05, 0) is 68.0 Å². The molecule has 0 spiro atoms. The first-order valence-electron chi connectivity index (χ1n) is 9.53. The molecule has 3 N–H and O–H groups in total. The zero-order valence-corrected chi connectivity index (χ0v) is 17.6. The number of carbonyl (C=O) groups excluding carboxylic acids is 2. The number of benzene rings is 1. The molecule has 2 unspecified atom stereocenters. The monoisotopic (exact) mass is 436 g/mol. The SMILES string of the molecule is Cl.Cl.O=C(CC1CC2CCC(C1)N2)Nc1ccc(C(=O)Nc2cccnc2)cc1. The molecule has 3 heterocycles. The average molecular weight is 437 g/mol. The van der Waals surface area contributed by atoms with Gasteiger partial charge in [-0.1, -0.05) is 0 Å². The predicted molar refractivity (Wildman–Crippen MR) is 119 cm³/mol. The molecule has 2 saturated heterocycles. The number of nitrogens with one attached hydrogen (secondary N) is 3. The first kappa shape index (κ1) is 23.1. The first-order chi connectivity index (χ1) is 13.2. The van der Waals surface area contributed by atoms with Crippen LogP contribution in [0.5, 0.6) is 0 Å². The maximum Gasteiger partial charge on any atom is 0.255 e. The lowest BCUT2D eigenvalue weighted by Gasteiger charge is -2.28. The van der Waals surface area contributed by atoms with Gasteiger partial charge in [-0.3, -0.25) is 14.6 Å². The van der Waals surface area contributed by atoms with Crippen molar-refractivity contribution in [2.75, 3.05) is 10.6 Å². The molecule has 6 nitrogen and oxygen atoms in total. The number of carbonyl (C=O) groups is 2. The summed E-state index contributed by atoms with van der Waals surface area (Å²) in [7, 11) is 0. The van der Waals surface area contributed by atoms with Gasteiger partial charge in [-0.2, -0.15) is 0 Å². The third-order valence-electron chi connectivity index (χ3n) is 5.40. The van der Waals surface area contributed by atoms with Crippen molar-refractivity contribution in [3.05, 3.63) is 54.4 Å². The largest absolute Gasteiger partial charge is 0.326 e.